The number of morpholine rings is 1. The van der Waals surface area contributed by atoms with Crippen molar-refractivity contribution in [3.05, 3.63) is 18.2 Å². The summed E-state index contributed by atoms with van der Waals surface area (Å²) in [7, 11) is 0. The van der Waals surface area contributed by atoms with Gasteiger partial charge in [0.15, 0.2) is 11.5 Å². The fourth-order valence-electron chi connectivity index (χ4n) is 3.72. The Morgan fingerprint density at radius 2 is 1.75 bits per heavy atom. The van der Waals surface area contributed by atoms with Gasteiger partial charge in [0.1, 0.15) is 5.75 Å². The Morgan fingerprint density at radius 3 is 2.57 bits per heavy atom. The standard InChI is InChI=1S/C20H29N3O5/c24-20(15-22-9-12-25-13-10-22)23-7-5-21(6-8-23)4-1-11-26-17-2-3-18-19(14-17)28-16-27-18/h2-3,14H,1,4-13,15-16H2. The molecule has 0 spiro atoms. The van der Waals surface area contributed by atoms with E-state index < -0.39 is 0 Å². The summed E-state index contributed by atoms with van der Waals surface area (Å²) >= 11 is 0. The highest BCUT2D eigenvalue weighted by molar-refractivity contribution is 5.78. The van der Waals surface area contributed by atoms with E-state index in [4.69, 9.17) is 18.9 Å². The van der Waals surface area contributed by atoms with Crippen LogP contribution in [-0.2, 0) is 9.53 Å². The highest BCUT2D eigenvalue weighted by atomic mass is 16.7. The van der Waals surface area contributed by atoms with E-state index in [1.54, 1.807) is 0 Å². The van der Waals surface area contributed by atoms with Crippen LogP contribution in [0.1, 0.15) is 6.42 Å². The number of carbonyl (C=O) groups excluding carboxylic acids is 1. The second kappa shape index (κ2) is 9.45. The van der Waals surface area contributed by atoms with E-state index >= 15 is 0 Å². The normalized spacial score (nSPS) is 20.4. The summed E-state index contributed by atoms with van der Waals surface area (Å²) in [5.74, 6) is 2.57. The minimum atomic E-state index is 0.243. The molecule has 3 aliphatic heterocycles. The first-order valence-corrected chi connectivity index (χ1v) is 10.1. The van der Waals surface area contributed by atoms with Crippen molar-refractivity contribution in [2.24, 2.45) is 0 Å². The third-order valence-corrected chi connectivity index (χ3v) is 5.42. The van der Waals surface area contributed by atoms with Crippen molar-refractivity contribution in [1.29, 1.82) is 0 Å². The molecule has 0 aromatic heterocycles. The Morgan fingerprint density at radius 1 is 0.964 bits per heavy atom. The lowest BCUT2D eigenvalue weighted by Crippen LogP contribution is -2.52. The second-order valence-corrected chi connectivity index (χ2v) is 7.33. The zero-order valence-corrected chi connectivity index (χ0v) is 16.3. The van der Waals surface area contributed by atoms with Crippen LogP contribution in [0.3, 0.4) is 0 Å². The summed E-state index contributed by atoms with van der Waals surface area (Å²) in [4.78, 5) is 19.0. The predicted molar refractivity (Wildman–Crippen MR) is 103 cm³/mol. The Bertz CT molecular complexity index is 657. The Hall–Kier alpha value is -2.03. The Balaban J connectivity index is 1.11. The summed E-state index contributed by atoms with van der Waals surface area (Å²) in [6.07, 6.45) is 0.955. The van der Waals surface area contributed by atoms with Crippen LogP contribution >= 0.6 is 0 Å². The van der Waals surface area contributed by atoms with Crippen LogP contribution in [0, 0.1) is 0 Å². The lowest BCUT2D eigenvalue weighted by Gasteiger charge is -2.36. The molecule has 2 fully saturated rings. The summed E-state index contributed by atoms with van der Waals surface area (Å²) < 4.78 is 21.8. The number of benzene rings is 1. The summed E-state index contributed by atoms with van der Waals surface area (Å²) in [6.45, 7) is 9.10. The third kappa shape index (κ3) is 5.06. The van der Waals surface area contributed by atoms with Gasteiger partial charge in [-0.05, 0) is 18.6 Å². The molecule has 3 aliphatic rings. The van der Waals surface area contributed by atoms with Gasteiger partial charge in [0.05, 0.1) is 26.4 Å². The third-order valence-electron chi connectivity index (χ3n) is 5.42. The SMILES string of the molecule is O=C(CN1CCOCC1)N1CCN(CCCOc2ccc3c(c2)OCO3)CC1. The molecule has 28 heavy (non-hydrogen) atoms. The molecule has 0 aliphatic carbocycles. The number of carbonyl (C=O) groups is 1. The molecule has 3 heterocycles. The van der Waals surface area contributed by atoms with Crippen LogP contribution in [0.15, 0.2) is 18.2 Å². The van der Waals surface area contributed by atoms with Crippen LogP contribution in [0.2, 0.25) is 0 Å². The van der Waals surface area contributed by atoms with E-state index in [1.807, 2.05) is 23.1 Å². The van der Waals surface area contributed by atoms with Crippen LogP contribution in [-0.4, -0.2) is 99.6 Å². The lowest BCUT2D eigenvalue weighted by molar-refractivity contribution is -0.135. The Kier molecular flexibility index (Phi) is 6.51. The van der Waals surface area contributed by atoms with E-state index in [9.17, 15) is 4.79 Å². The van der Waals surface area contributed by atoms with E-state index in [0.717, 1.165) is 82.7 Å². The number of hydrogen-bond acceptors (Lipinski definition) is 7. The molecule has 0 bridgehead atoms. The van der Waals surface area contributed by atoms with Gasteiger partial charge in [-0.15, -0.1) is 0 Å². The Labute approximate surface area is 165 Å². The largest absolute Gasteiger partial charge is 0.493 e. The number of rotatable bonds is 7. The predicted octanol–water partition coefficient (Wildman–Crippen LogP) is 0.661. The number of amides is 1. The molecular formula is C20H29N3O5. The maximum absolute atomic E-state index is 12.5. The molecule has 0 N–H and O–H groups in total. The fraction of sp³-hybridized carbons (Fsp3) is 0.650. The molecule has 154 valence electrons. The highest BCUT2D eigenvalue weighted by Crippen LogP contribution is 2.35. The number of ether oxygens (including phenoxy) is 4. The van der Waals surface area contributed by atoms with Crippen LogP contribution in [0.5, 0.6) is 17.2 Å². The first-order valence-electron chi connectivity index (χ1n) is 10.1. The summed E-state index contributed by atoms with van der Waals surface area (Å²) in [5, 5.41) is 0. The van der Waals surface area contributed by atoms with Gasteiger partial charge in [0.25, 0.3) is 0 Å². The molecule has 0 unspecified atom stereocenters. The maximum atomic E-state index is 12.5. The number of piperazine rings is 1. The molecule has 8 heteroatoms. The van der Waals surface area contributed by atoms with E-state index in [2.05, 4.69) is 9.80 Å². The van der Waals surface area contributed by atoms with Crippen molar-refractivity contribution >= 4 is 5.91 Å². The molecule has 1 amide bonds. The van der Waals surface area contributed by atoms with Gasteiger partial charge in [-0.1, -0.05) is 0 Å². The average molecular weight is 391 g/mol. The number of nitrogens with zero attached hydrogens (tertiary/aromatic N) is 3. The topological polar surface area (TPSA) is 63.7 Å². The van der Waals surface area contributed by atoms with Crippen molar-refractivity contribution in [3.8, 4) is 17.2 Å². The molecule has 1 aromatic rings. The lowest BCUT2D eigenvalue weighted by atomic mass is 10.2. The molecule has 2 saturated heterocycles. The van der Waals surface area contributed by atoms with Gasteiger partial charge < -0.3 is 23.8 Å². The molecule has 8 nitrogen and oxygen atoms in total. The van der Waals surface area contributed by atoms with Crippen molar-refractivity contribution in [2.75, 3.05) is 79.0 Å². The minimum absolute atomic E-state index is 0.243. The first-order chi connectivity index (χ1) is 13.8. The van der Waals surface area contributed by atoms with E-state index in [-0.39, 0.29) is 12.7 Å². The molecule has 0 saturated carbocycles. The highest BCUT2D eigenvalue weighted by Gasteiger charge is 2.23. The molecule has 4 rings (SSSR count). The van der Waals surface area contributed by atoms with E-state index in [1.165, 1.54) is 0 Å². The zero-order chi connectivity index (χ0) is 19.2. The van der Waals surface area contributed by atoms with Gasteiger partial charge in [0.2, 0.25) is 12.7 Å². The fourth-order valence-corrected chi connectivity index (χ4v) is 3.72. The zero-order valence-electron chi connectivity index (χ0n) is 16.3. The molecular weight excluding hydrogens is 362 g/mol. The number of fused-ring (bicyclic) bond motifs is 1. The maximum Gasteiger partial charge on any atom is 0.236 e. The van der Waals surface area contributed by atoms with Crippen LogP contribution in [0.4, 0.5) is 0 Å². The van der Waals surface area contributed by atoms with Crippen LogP contribution in [0.25, 0.3) is 0 Å². The summed E-state index contributed by atoms with van der Waals surface area (Å²) in [5.41, 5.74) is 0. The van der Waals surface area contributed by atoms with Gasteiger partial charge >= 0.3 is 0 Å². The van der Waals surface area contributed by atoms with E-state index in [0.29, 0.717) is 13.2 Å². The van der Waals surface area contributed by atoms with Gasteiger partial charge in [-0.2, -0.15) is 0 Å². The molecule has 1 aromatic carbocycles. The first kappa shape index (κ1) is 19.3. The van der Waals surface area contributed by atoms with Crippen molar-refractivity contribution in [1.82, 2.24) is 14.7 Å². The molecule has 0 radical (unpaired) electrons. The van der Waals surface area contributed by atoms with Crippen molar-refractivity contribution in [3.63, 3.8) is 0 Å². The summed E-state index contributed by atoms with van der Waals surface area (Å²) in [6, 6.07) is 5.67. The van der Waals surface area contributed by atoms with Crippen LogP contribution < -0.4 is 14.2 Å². The van der Waals surface area contributed by atoms with Crippen molar-refractivity contribution in [2.45, 2.75) is 6.42 Å². The van der Waals surface area contributed by atoms with Gasteiger partial charge in [-0.25, -0.2) is 0 Å². The second-order valence-electron chi connectivity index (χ2n) is 7.33. The van der Waals surface area contributed by atoms with Gasteiger partial charge in [0, 0.05) is 51.9 Å². The van der Waals surface area contributed by atoms with Gasteiger partial charge in [-0.3, -0.25) is 14.6 Å². The smallest absolute Gasteiger partial charge is 0.236 e. The quantitative estimate of drug-likeness (QED) is 0.633. The number of hydrogen-bond donors (Lipinski definition) is 0. The minimum Gasteiger partial charge on any atom is -0.493 e. The average Bonchev–Trinajstić information content (AvgIpc) is 3.20. The molecule has 0 atom stereocenters. The monoisotopic (exact) mass is 391 g/mol. The van der Waals surface area contributed by atoms with Crippen molar-refractivity contribution < 1.29 is 23.7 Å².